The molecule has 0 unspecified atom stereocenters. The predicted octanol–water partition coefficient (Wildman–Crippen LogP) is 0.966. The van der Waals surface area contributed by atoms with Gasteiger partial charge in [0, 0.05) is 20.5 Å². The standard InChI is InChI=1S/C8H17NO2.C7H16N2O/c1-4-9(5-2)6-7-11-8(3)10;1-4-9(5-2)6-7(10)8-3/h4-7H2,1-3H3;4-6H2,1-3H3,(H,8,10). The van der Waals surface area contributed by atoms with E-state index < -0.39 is 0 Å². The van der Waals surface area contributed by atoms with Crippen LogP contribution in [0.5, 0.6) is 0 Å². The van der Waals surface area contributed by atoms with E-state index in [0.717, 1.165) is 32.7 Å². The predicted molar refractivity (Wildman–Crippen MR) is 86.3 cm³/mol. The highest BCUT2D eigenvalue weighted by Gasteiger charge is 2.03. The zero-order valence-electron chi connectivity index (χ0n) is 14.6. The van der Waals surface area contributed by atoms with E-state index in [4.69, 9.17) is 4.74 Å². The van der Waals surface area contributed by atoms with E-state index >= 15 is 0 Å². The molecular weight excluding hydrogens is 270 g/mol. The molecule has 0 aromatic heterocycles. The first kappa shape index (κ1) is 22.1. The second-order valence-electron chi connectivity index (χ2n) is 4.50. The third-order valence-corrected chi connectivity index (χ3v) is 3.15. The van der Waals surface area contributed by atoms with E-state index in [1.54, 1.807) is 7.05 Å². The average Bonchev–Trinajstić information content (AvgIpc) is 2.49. The van der Waals surface area contributed by atoms with Gasteiger partial charge in [-0.3, -0.25) is 14.5 Å². The lowest BCUT2D eigenvalue weighted by Gasteiger charge is -2.16. The van der Waals surface area contributed by atoms with Gasteiger partial charge >= 0.3 is 5.97 Å². The van der Waals surface area contributed by atoms with Crippen molar-refractivity contribution in [1.29, 1.82) is 0 Å². The number of hydrogen-bond donors (Lipinski definition) is 1. The van der Waals surface area contributed by atoms with E-state index in [2.05, 4.69) is 29.0 Å². The molecule has 6 nitrogen and oxygen atoms in total. The van der Waals surface area contributed by atoms with Crippen molar-refractivity contribution in [2.24, 2.45) is 0 Å². The van der Waals surface area contributed by atoms with Crippen LogP contribution in [0.4, 0.5) is 0 Å². The van der Waals surface area contributed by atoms with Crippen LogP contribution in [0.1, 0.15) is 34.6 Å². The van der Waals surface area contributed by atoms with Crippen molar-refractivity contribution in [3.63, 3.8) is 0 Å². The van der Waals surface area contributed by atoms with Gasteiger partial charge < -0.3 is 15.0 Å². The molecule has 0 atom stereocenters. The second kappa shape index (κ2) is 15.3. The van der Waals surface area contributed by atoms with Crippen molar-refractivity contribution in [3.05, 3.63) is 0 Å². The molecule has 0 aliphatic carbocycles. The summed E-state index contributed by atoms with van der Waals surface area (Å²) in [6.07, 6.45) is 0. The molecule has 6 heteroatoms. The summed E-state index contributed by atoms with van der Waals surface area (Å²) in [5, 5.41) is 2.58. The van der Waals surface area contributed by atoms with Crippen LogP contribution in [0.3, 0.4) is 0 Å². The van der Waals surface area contributed by atoms with Gasteiger partial charge in [0.2, 0.25) is 5.91 Å². The second-order valence-corrected chi connectivity index (χ2v) is 4.50. The molecule has 0 aromatic rings. The fourth-order valence-electron chi connectivity index (χ4n) is 1.59. The Bertz CT molecular complexity index is 265. The minimum absolute atomic E-state index is 0.0868. The Hall–Kier alpha value is -1.14. The van der Waals surface area contributed by atoms with E-state index in [1.165, 1.54) is 6.92 Å². The van der Waals surface area contributed by atoms with Crippen LogP contribution in [0.2, 0.25) is 0 Å². The van der Waals surface area contributed by atoms with Crippen LogP contribution >= 0.6 is 0 Å². The van der Waals surface area contributed by atoms with Crippen LogP contribution in [0.15, 0.2) is 0 Å². The first-order chi connectivity index (χ1) is 9.94. The van der Waals surface area contributed by atoms with Gasteiger partial charge in [0.25, 0.3) is 0 Å². The van der Waals surface area contributed by atoms with Crippen molar-refractivity contribution < 1.29 is 14.3 Å². The minimum atomic E-state index is -0.197. The molecule has 0 saturated heterocycles. The summed E-state index contributed by atoms with van der Waals surface area (Å²) in [6.45, 7) is 15.5. The lowest BCUT2D eigenvalue weighted by atomic mass is 10.4. The van der Waals surface area contributed by atoms with E-state index in [0.29, 0.717) is 13.2 Å². The molecule has 1 N–H and O–H groups in total. The summed E-state index contributed by atoms with van der Waals surface area (Å²) in [5.41, 5.74) is 0. The molecule has 0 fully saturated rings. The molecular formula is C15H33N3O3. The molecule has 0 radical (unpaired) electrons. The Morgan fingerprint density at radius 1 is 0.952 bits per heavy atom. The third kappa shape index (κ3) is 15.1. The maximum atomic E-state index is 10.8. The fourth-order valence-corrected chi connectivity index (χ4v) is 1.59. The summed E-state index contributed by atoms with van der Waals surface area (Å²) < 4.78 is 4.80. The minimum Gasteiger partial charge on any atom is -0.465 e. The maximum Gasteiger partial charge on any atom is 0.302 e. The number of nitrogens with zero attached hydrogens (tertiary/aromatic N) is 2. The first-order valence-corrected chi connectivity index (χ1v) is 7.73. The molecule has 1 amide bonds. The molecule has 0 aliphatic rings. The zero-order valence-corrected chi connectivity index (χ0v) is 14.6. The number of esters is 1. The number of nitrogens with one attached hydrogen (secondary N) is 1. The Balaban J connectivity index is 0. The van der Waals surface area contributed by atoms with Crippen LogP contribution in [-0.2, 0) is 14.3 Å². The Morgan fingerprint density at radius 3 is 1.76 bits per heavy atom. The number of rotatable bonds is 9. The lowest BCUT2D eigenvalue weighted by Crippen LogP contribution is -2.35. The average molecular weight is 303 g/mol. The van der Waals surface area contributed by atoms with Gasteiger partial charge in [-0.15, -0.1) is 0 Å². The molecule has 0 saturated carbocycles. The van der Waals surface area contributed by atoms with Crippen LogP contribution in [0.25, 0.3) is 0 Å². The van der Waals surface area contributed by atoms with E-state index in [1.807, 2.05) is 13.8 Å². The van der Waals surface area contributed by atoms with Crippen LogP contribution in [0, 0.1) is 0 Å². The largest absolute Gasteiger partial charge is 0.465 e. The Labute approximate surface area is 129 Å². The summed E-state index contributed by atoms with van der Waals surface area (Å²) >= 11 is 0. The molecule has 0 aliphatic heterocycles. The van der Waals surface area contributed by atoms with Gasteiger partial charge in [0.1, 0.15) is 6.61 Å². The van der Waals surface area contributed by atoms with Crippen LogP contribution < -0.4 is 5.32 Å². The zero-order chi connectivity index (χ0) is 16.7. The highest BCUT2D eigenvalue weighted by molar-refractivity contribution is 5.77. The topological polar surface area (TPSA) is 61.9 Å². The number of amides is 1. The highest BCUT2D eigenvalue weighted by atomic mass is 16.5. The number of hydrogen-bond acceptors (Lipinski definition) is 5. The molecule has 0 spiro atoms. The lowest BCUT2D eigenvalue weighted by molar-refractivity contribution is -0.141. The molecule has 0 heterocycles. The van der Waals surface area contributed by atoms with Gasteiger partial charge in [0.05, 0.1) is 6.54 Å². The smallest absolute Gasteiger partial charge is 0.302 e. The summed E-state index contributed by atoms with van der Waals surface area (Å²) in [6, 6.07) is 0. The SMILES string of the molecule is CCN(CC)CC(=O)NC.CCN(CC)CCOC(C)=O. The van der Waals surface area contributed by atoms with Crippen molar-refractivity contribution in [2.45, 2.75) is 34.6 Å². The molecule has 0 rings (SSSR count). The quantitative estimate of drug-likeness (QED) is 0.643. The number of carbonyl (C=O) groups excluding carboxylic acids is 2. The van der Waals surface area contributed by atoms with Crippen molar-refractivity contribution >= 4 is 11.9 Å². The van der Waals surface area contributed by atoms with Crippen molar-refractivity contribution in [2.75, 3.05) is 52.9 Å². The Morgan fingerprint density at radius 2 is 1.43 bits per heavy atom. The number of ether oxygens (including phenoxy) is 1. The summed E-state index contributed by atoms with van der Waals surface area (Å²) in [4.78, 5) is 25.4. The van der Waals surface area contributed by atoms with Crippen molar-refractivity contribution in [1.82, 2.24) is 15.1 Å². The highest BCUT2D eigenvalue weighted by Crippen LogP contribution is 1.86. The summed E-state index contributed by atoms with van der Waals surface area (Å²) in [5.74, 6) is -0.110. The summed E-state index contributed by atoms with van der Waals surface area (Å²) in [7, 11) is 1.66. The third-order valence-electron chi connectivity index (χ3n) is 3.15. The van der Waals surface area contributed by atoms with Crippen molar-refractivity contribution in [3.8, 4) is 0 Å². The van der Waals surface area contributed by atoms with Gasteiger partial charge in [-0.2, -0.15) is 0 Å². The number of carbonyl (C=O) groups is 2. The van der Waals surface area contributed by atoms with Gasteiger partial charge in [0.15, 0.2) is 0 Å². The van der Waals surface area contributed by atoms with Gasteiger partial charge in [-0.25, -0.2) is 0 Å². The van der Waals surface area contributed by atoms with Gasteiger partial charge in [-0.05, 0) is 26.2 Å². The first-order valence-electron chi connectivity index (χ1n) is 7.73. The monoisotopic (exact) mass is 303 g/mol. The maximum absolute atomic E-state index is 10.8. The number of likely N-dealkylation sites (N-methyl/N-ethyl adjacent to an activating group) is 3. The fraction of sp³-hybridized carbons (Fsp3) is 0.867. The molecule has 0 aromatic carbocycles. The molecule has 0 bridgehead atoms. The van der Waals surface area contributed by atoms with Crippen LogP contribution in [-0.4, -0.2) is 74.6 Å². The van der Waals surface area contributed by atoms with E-state index in [9.17, 15) is 9.59 Å². The molecule has 21 heavy (non-hydrogen) atoms. The van der Waals surface area contributed by atoms with E-state index in [-0.39, 0.29) is 11.9 Å². The molecule has 126 valence electrons. The Kier molecular flexibility index (Phi) is 16.1. The normalized spacial score (nSPS) is 10.1. The van der Waals surface area contributed by atoms with Gasteiger partial charge in [-0.1, -0.05) is 27.7 Å².